The number of amides is 2. The summed E-state index contributed by atoms with van der Waals surface area (Å²) in [4.78, 5) is 24.3. The van der Waals surface area contributed by atoms with Gasteiger partial charge in [0.25, 0.3) is 0 Å². The summed E-state index contributed by atoms with van der Waals surface area (Å²) in [5.41, 5.74) is -0.0970. The monoisotopic (exact) mass is 461 g/mol. The van der Waals surface area contributed by atoms with Crippen LogP contribution in [0.15, 0.2) is 17.6 Å². The van der Waals surface area contributed by atoms with Crippen molar-refractivity contribution in [3.8, 4) is 0 Å². The van der Waals surface area contributed by atoms with E-state index in [1.54, 1.807) is 21.1 Å². The van der Waals surface area contributed by atoms with Gasteiger partial charge < -0.3 is 15.1 Å². The number of hydrogen-bond acceptors (Lipinski definition) is 5. The van der Waals surface area contributed by atoms with Crippen LogP contribution in [0.4, 0.5) is 23.8 Å². The molecule has 0 spiro atoms. The molecule has 0 radical (unpaired) electrons. The standard InChI is InChI=1S/C19H23ClF3N5OS/c1-18(2,3)16-26-13(11-30-16)10-25-17(29)28-6-4-27(5-7-28)15-14(20)8-12(9-24-15)19(21,22)23/h8-9,11H,4-7,10H2,1-3H3,(H,25,29). The largest absolute Gasteiger partial charge is 0.417 e. The SMILES string of the molecule is CC(C)(C)c1nc(CNC(=O)N2CCN(c3ncc(C(F)(F)F)cc3Cl)CC2)cs1. The summed E-state index contributed by atoms with van der Waals surface area (Å²) in [7, 11) is 0. The molecule has 2 aromatic heterocycles. The molecule has 0 bridgehead atoms. The van der Waals surface area contributed by atoms with Gasteiger partial charge in [0.1, 0.15) is 5.82 Å². The van der Waals surface area contributed by atoms with Crippen molar-refractivity contribution in [1.82, 2.24) is 20.2 Å². The number of nitrogens with one attached hydrogen (secondary N) is 1. The highest BCUT2D eigenvalue weighted by molar-refractivity contribution is 7.09. The molecule has 3 rings (SSSR count). The number of nitrogens with zero attached hydrogens (tertiary/aromatic N) is 4. The Morgan fingerprint density at radius 2 is 1.90 bits per heavy atom. The third kappa shape index (κ3) is 5.34. The number of aromatic nitrogens is 2. The Balaban J connectivity index is 1.53. The predicted molar refractivity (Wildman–Crippen MR) is 111 cm³/mol. The molecule has 0 saturated carbocycles. The number of carbonyl (C=O) groups is 1. The first-order valence-corrected chi connectivity index (χ1v) is 10.7. The third-order valence-electron chi connectivity index (χ3n) is 4.63. The second-order valence-electron chi connectivity index (χ2n) is 8.05. The normalized spacial score (nSPS) is 15.4. The Labute approximate surface area is 182 Å². The first kappa shape index (κ1) is 22.6. The summed E-state index contributed by atoms with van der Waals surface area (Å²) in [6, 6.07) is 0.675. The fourth-order valence-electron chi connectivity index (χ4n) is 2.95. The molecule has 0 aliphatic carbocycles. The second kappa shape index (κ2) is 8.58. The molecule has 0 aromatic carbocycles. The van der Waals surface area contributed by atoms with E-state index in [-0.39, 0.29) is 16.5 Å². The van der Waals surface area contributed by atoms with Gasteiger partial charge in [-0.05, 0) is 6.07 Å². The number of hydrogen-bond donors (Lipinski definition) is 1. The summed E-state index contributed by atoms with van der Waals surface area (Å²) >= 11 is 7.59. The molecule has 0 atom stereocenters. The Bertz CT molecular complexity index is 904. The molecule has 1 aliphatic heterocycles. The highest BCUT2D eigenvalue weighted by Crippen LogP contribution is 2.33. The molecule has 6 nitrogen and oxygen atoms in total. The maximum Gasteiger partial charge on any atom is 0.417 e. The van der Waals surface area contributed by atoms with Crippen LogP contribution < -0.4 is 10.2 Å². The fourth-order valence-corrected chi connectivity index (χ4v) is 4.14. The molecule has 30 heavy (non-hydrogen) atoms. The lowest BCUT2D eigenvalue weighted by atomic mass is 9.98. The van der Waals surface area contributed by atoms with Crippen LogP contribution in [0.3, 0.4) is 0 Å². The molecule has 164 valence electrons. The van der Waals surface area contributed by atoms with Gasteiger partial charge in [-0.2, -0.15) is 13.2 Å². The summed E-state index contributed by atoms with van der Waals surface area (Å²) in [6.45, 7) is 8.29. The highest BCUT2D eigenvalue weighted by Gasteiger charge is 2.32. The average Bonchev–Trinajstić information content (AvgIpc) is 3.15. The molecular formula is C19H23ClF3N5OS. The summed E-state index contributed by atoms with van der Waals surface area (Å²) in [5.74, 6) is 0.293. The summed E-state index contributed by atoms with van der Waals surface area (Å²) in [5, 5.41) is 5.77. The van der Waals surface area contributed by atoms with Crippen LogP contribution in [0.1, 0.15) is 37.0 Å². The number of rotatable bonds is 3. The van der Waals surface area contributed by atoms with Crippen LogP contribution in [-0.4, -0.2) is 47.1 Å². The van der Waals surface area contributed by atoms with Crippen LogP contribution in [0, 0.1) is 0 Å². The van der Waals surface area contributed by atoms with Crippen molar-refractivity contribution in [2.75, 3.05) is 31.1 Å². The zero-order valence-corrected chi connectivity index (χ0v) is 18.5. The number of thiazole rings is 1. The predicted octanol–water partition coefficient (Wildman–Crippen LogP) is 4.54. The number of halogens is 4. The van der Waals surface area contributed by atoms with E-state index in [0.29, 0.717) is 38.5 Å². The van der Waals surface area contributed by atoms with Crippen molar-refractivity contribution in [1.29, 1.82) is 0 Å². The number of alkyl halides is 3. The molecule has 11 heteroatoms. The summed E-state index contributed by atoms with van der Waals surface area (Å²) < 4.78 is 38.3. The van der Waals surface area contributed by atoms with Gasteiger partial charge in [0.05, 0.1) is 27.8 Å². The Morgan fingerprint density at radius 1 is 1.23 bits per heavy atom. The Hall–Kier alpha value is -2.07. The van der Waals surface area contributed by atoms with E-state index in [1.165, 1.54) is 0 Å². The van der Waals surface area contributed by atoms with E-state index in [2.05, 4.69) is 36.1 Å². The van der Waals surface area contributed by atoms with Gasteiger partial charge in [0, 0.05) is 43.2 Å². The van der Waals surface area contributed by atoms with Crippen LogP contribution in [0.5, 0.6) is 0 Å². The van der Waals surface area contributed by atoms with Gasteiger partial charge >= 0.3 is 12.2 Å². The average molecular weight is 462 g/mol. The number of anilines is 1. The van der Waals surface area contributed by atoms with Gasteiger partial charge in [-0.1, -0.05) is 32.4 Å². The number of pyridine rings is 1. The summed E-state index contributed by atoms with van der Waals surface area (Å²) in [6.07, 6.45) is -3.71. The first-order valence-electron chi connectivity index (χ1n) is 9.40. The molecule has 0 unspecified atom stereocenters. The second-order valence-corrected chi connectivity index (χ2v) is 9.32. The minimum Gasteiger partial charge on any atom is -0.352 e. The third-order valence-corrected chi connectivity index (χ3v) is 6.22. The van der Waals surface area contributed by atoms with Crippen LogP contribution in [0.2, 0.25) is 5.02 Å². The van der Waals surface area contributed by atoms with Crippen molar-refractivity contribution >= 4 is 34.8 Å². The first-order chi connectivity index (χ1) is 13.9. The lowest BCUT2D eigenvalue weighted by molar-refractivity contribution is -0.137. The van der Waals surface area contributed by atoms with E-state index >= 15 is 0 Å². The molecule has 2 aromatic rings. The highest BCUT2D eigenvalue weighted by atomic mass is 35.5. The lowest BCUT2D eigenvalue weighted by Crippen LogP contribution is -2.52. The molecule has 1 fully saturated rings. The fraction of sp³-hybridized carbons (Fsp3) is 0.526. The molecule has 3 heterocycles. The van der Waals surface area contributed by atoms with E-state index in [1.807, 2.05) is 5.38 Å². The molecule has 1 saturated heterocycles. The van der Waals surface area contributed by atoms with E-state index in [0.717, 1.165) is 23.0 Å². The lowest BCUT2D eigenvalue weighted by Gasteiger charge is -2.35. The number of urea groups is 1. The maximum atomic E-state index is 12.8. The van der Waals surface area contributed by atoms with E-state index in [4.69, 9.17) is 11.6 Å². The minimum absolute atomic E-state index is 0.0309. The van der Waals surface area contributed by atoms with E-state index < -0.39 is 11.7 Å². The Kier molecular flexibility index (Phi) is 6.47. The quantitative estimate of drug-likeness (QED) is 0.729. The van der Waals surface area contributed by atoms with Crippen LogP contribution in [0.25, 0.3) is 0 Å². The van der Waals surface area contributed by atoms with E-state index in [9.17, 15) is 18.0 Å². The topological polar surface area (TPSA) is 61.4 Å². The smallest absolute Gasteiger partial charge is 0.352 e. The molecule has 1 aliphatic rings. The van der Waals surface area contributed by atoms with Crippen molar-refractivity contribution in [3.63, 3.8) is 0 Å². The molecule has 1 N–H and O–H groups in total. The maximum absolute atomic E-state index is 12.8. The zero-order chi connectivity index (χ0) is 22.1. The van der Waals surface area contributed by atoms with Gasteiger partial charge in [-0.25, -0.2) is 14.8 Å². The van der Waals surface area contributed by atoms with Gasteiger partial charge in [0.15, 0.2) is 0 Å². The molecular weight excluding hydrogens is 439 g/mol. The van der Waals surface area contributed by atoms with Gasteiger partial charge in [0.2, 0.25) is 0 Å². The number of carbonyl (C=O) groups excluding carboxylic acids is 1. The van der Waals surface area contributed by atoms with Crippen LogP contribution >= 0.6 is 22.9 Å². The van der Waals surface area contributed by atoms with Crippen LogP contribution in [-0.2, 0) is 18.1 Å². The van der Waals surface area contributed by atoms with Crippen molar-refractivity contribution in [3.05, 3.63) is 38.9 Å². The van der Waals surface area contributed by atoms with Gasteiger partial charge in [-0.3, -0.25) is 0 Å². The van der Waals surface area contributed by atoms with Gasteiger partial charge in [-0.15, -0.1) is 11.3 Å². The van der Waals surface area contributed by atoms with Crippen molar-refractivity contribution < 1.29 is 18.0 Å². The van der Waals surface area contributed by atoms with Crippen molar-refractivity contribution in [2.45, 2.75) is 38.9 Å². The Morgan fingerprint density at radius 3 is 2.43 bits per heavy atom. The minimum atomic E-state index is -4.49. The van der Waals surface area contributed by atoms with Crippen molar-refractivity contribution in [2.24, 2.45) is 0 Å². The number of piperazine rings is 1. The zero-order valence-electron chi connectivity index (χ0n) is 16.9. The molecule has 2 amide bonds.